The molecule has 0 saturated heterocycles. The van der Waals surface area contributed by atoms with Crippen molar-refractivity contribution < 1.29 is 28.6 Å². The predicted octanol–water partition coefficient (Wildman–Crippen LogP) is 6.98. The monoisotopic (exact) mass is 680 g/mol. The van der Waals surface area contributed by atoms with Crippen molar-refractivity contribution in [1.29, 1.82) is 0 Å². The van der Waals surface area contributed by atoms with Gasteiger partial charge in [0, 0.05) is 32.7 Å². The molecule has 12 heteroatoms. The van der Waals surface area contributed by atoms with E-state index < -0.39 is 11.8 Å². The molecule has 3 N–H and O–H groups in total. The SMILES string of the molecule is COc1ccccc1/C=C(\NC(=O)c1ccccc1)C(=O)Nc1ccc(SCC(=O)Nc2nc(-c3ccc(OC)c(OC)c3)cs2)cc1. The molecule has 0 bridgehead atoms. The number of thioether (sulfide) groups is 1. The average molecular weight is 681 g/mol. The van der Waals surface area contributed by atoms with Gasteiger partial charge in [0.15, 0.2) is 16.6 Å². The molecule has 1 aromatic heterocycles. The molecule has 5 rings (SSSR count). The van der Waals surface area contributed by atoms with Crippen LogP contribution in [0.5, 0.6) is 17.2 Å². The Labute approximate surface area is 286 Å². The molecule has 0 saturated carbocycles. The first-order valence-electron chi connectivity index (χ1n) is 14.6. The number of carbonyl (C=O) groups excluding carboxylic acids is 3. The number of ether oxygens (including phenoxy) is 3. The number of hydrogen-bond donors (Lipinski definition) is 3. The van der Waals surface area contributed by atoms with E-state index in [9.17, 15) is 14.4 Å². The Kier molecular flexibility index (Phi) is 11.5. The van der Waals surface area contributed by atoms with Gasteiger partial charge in [-0.3, -0.25) is 14.4 Å². The van der Waals surface area contributed by atoms with Gasteiger partial charge in [-0.2, -0.15) is 0 Å². The number of hydrogen-bond acceptors (Lipinski definition) is 9. The fourth-order valence-electron chi connectivity index (χ4n) is 4.48. The van der Waals surface area contributed by atoms with Gasteiger partial charge in [0.2, 0.25) is 5.91 Å². The Morgan fingerprint density at radius 2 is 1.50 bits per heavy atom. The number of rotatable bonds is 13. The van der Waals surface area contributed by atoms with Crippen molar-refractivity contribution in [2.75, 3.05) is 37.7 Å². The van der Waals surface area contributed by atoms with E-state index in [-0.39, 0.29) is 17.4 Å². The Bertz CT molecular complexity index is 1930. The van der Waals surface area contributed by atoms with E-state index >= 15 is 0 Å². The molecule has 0 aliphatic carbocycles. The van der Waals surface area contributed by atoms with Gasteiger partial charge in [-0.25, -0.2) is 4.98 Å². The van der Waals surface area contributed by atoms with Gasteiger partial charge in [-0.05, 0) is 66.7 Å². The highest BCUT2D eigenvalue weighted by Gasteiger charge is 2.17. The topological polar surface area (TPSA) is 128 Å². The van der Waals surface area contributed by atoms with E-state index in [1.807, 2.05) is 35.7 Å². The highest BCUT2D eigenvalue weighted by atomic mass is 32.2. The minimum atomic E-state index is -0.513. The van der Waals surface area contributed by atoms with Gasteiger partial charge in [0.05, 0.1) is 32.8 Å². The van der Waals surface area contributed by atoms with Crippen LogP contribution in [0.3, 0.4) is 0 Å². The largest absolute Gasteiger partial charge is 0.496 e. The van der Waals surface area contributed by atoms with Gasteiger partial charge in [-0.15, -0.1) is 23.1 Å². The molecule has 48 heavy (non-hydrogen) atoms. The summed E-state index contributed by atoms with van der Waals surface area (Å²) in [6.45, 7) is 0. The molecular formula is C36H32N4O6S2. The molecule has 4 aromatic carbocycles. The molecule has 5 aromatic rings. The number of nitrogens with one attached hydrogen (secondary N) is 3. The van der Waals surface area contributed by atoms with E-state index in [1.54, 1.807) is 87.0 Å². The zero-order chi connectivity index (χ0) is 33.9. The van der Waals surface area contributed by atoms with E-state index in [4.69, 9.17) is 14.2 Å². The van der Waals surface area contributed by atoms with Crippen molar-refractivity contribution in [3.05, 3.63) is 119 Å². The number of nitrogens with zero attached hydrogens (tertiary/aromatic N) is 1. The summed E-state index contributed by atoms with van der Waals surface area (Å²) < 4.78 is 16.1. The lowest BCUT2D eigenvalue weighted by atomic mass is 10.1. The molecule has 0 atom stereocenters. The maximum Gasteiger partial charge on any atom is 0.272 e. The molecular weight excluding hydrogens is 649 g/mol. The molecule has 0 fully saturated rings. The molecule has 0 unspecified atom stereocenters. The smallest absolute Gasteiger partial charge is 0.272 e. The van der Waals surface area contributed by atoms with Crippen molar-refractivity contribution in [2.45, 2.75) is 4.90 Å². The Morgan fingerprint density at radius 1 is 0.792 bits per heavy atom. The van der Waals surface area contributed by atoms with Crippen LogP contribution in [0.2, 0.25) is 0 Å². The summed E-state index contributed by atoms with van der Waals surface area (Å²) in [5.74, 6) is 0.786. The summed E-state index contributed by atoms with van der Waals surface area (Å²) in [6, 6.07) is 28.4. The second-order valence-electron chi connectivity index (χ2n) is 10.0. The minimum absolute atomic E-state index is 0.0416. The first-order chi connectivity index (χ1) is 23.4. The number of thiazole rings is 1. The van der Waals surface area contributed by atoms with E-state index in [2.05, 4.69) is 20.9 Å². The number of amides is 3. The second kappa shape index (κ2) is 16.3. The third-order valence-corrected chi connectivity index (χ3v) is 8.65. The van der Waals surface area contributed by atoms with Crippen LogP contribution in [-0.4, -0.2) is 49.8 Å². The summed E-state index contributed by atoms with van der Waals surface area (Å²) in [5.41, 5.74) is 3.14. The first kappa shape index (κ1) is 33.8. The molecule has 0 aliphatic heterocycles. The molecule has 0 spiro atoms. The van der Waals surface area contributed by atoms with Crippen molar-refractivity contribution >= 4 is 57.7 Å². The number of para-hydroxylation sites is 1. The third kappa shape index (κ3) is 8.81. The summed E-state index contributed by atoms with van der Waals surface area (Å²) in [5, 5.41) is 10.8. The maximum absolute atomic E-state index is 13.4. The van der Waals surface area contributed by atoms with Crippen LogP contribution in [0.15, 0.2) is 113 Å². The Hall–Kier alpha value is -5.59. The second-order valence-corrected chi connectivity index (χ2v) is 11.9. The quantitative estimate of drug-likeness (QED) is 0.0899. The van der Waals surface area contributed by atoms with Crippen LogP contribution in [0, 0.1) is 0 Å². The van der Waals surface area contributed by atoms with Crippen LogP contribution in [0.4, 0.5) is 10.8 Å². The predicted molar refractivity (Wildman–Crippen MR) is 190 cm³/mol. The number of aromatic nitrogens is 1. The summed E-state index contributed by atoms with van der Waals surface area (Å²) in [4.78, 5) is 44.4. The summed E-state index contributed by atoms with van der Waals surface area (Å²) in [7, 11) is 4.69. The minimum Gasteiger partial charge on any atom is -0.496 e. The first-order valence-corrected chi connectivity index (χ1v) is 16.5. The highest BCUT2D eigenvalue weighted by molar-refractivity contribution is 8.00. The zero-order valence-electron chi connectivity index (χ0n) is 26.3. The lowest BCUT2D eigenvalue weighted by Crippen LogP contribution is -2.30. The van der Waals surface area contributed by atoms with Gasteiger partial charge in [-0.1, -0.05) is 36.4 Å². The van der Waals surface area contributed by atoms with Gasteiger partial charge >= 0.3 is 0 Å². The molecule has 0 radical (unpaired) electrons. The molecule has 244 valence electrons. The van der Waals surface area contributed by atoms with Crippen LogP contribution in [-0.2, 0) is 9.59 Å². The number of anilines is 2. The van der Waals surface area contributed by atoms with Gasteiger partial charge in [0.25, 0.3) is 11.8 Å². The van der Waals surface area contributed by atoms with E-state index in [1.165, 1.54) is 30.2 Å². The van der Waals surface area contributed by atoms with E-state index in [0.29, 0.717) is 44.9 Å². The van der Waals surface area contributed by atoms with Gasteiger partial charge < -0.3 is 30.2 Å². The molecule has 3 amide bonds. The molecule has 0 aliphatic rings. The van der Waals surface area contributed by atoms with Crippen molar-refractivity contribution in [3.8, 4) is 28.5 Å². The van der Waals surface area contributed by atoms with Crippen molar-refractivity contribution in [3.63, 3.8) is 0 Å². The lowest BCUT2D eigenvalue weighted by Gasteiger charge is -2.13. The Morgan fingerprint density at radius 3 is 2.23 bits per heavy atom. The standard InChI is InChI=1S/C36H32N4O6S2/c1-44-30-12-8-7-11-25(30)19-28(38-34(42)23-9-5-4-6-10-23)35(43)37-26-14-16-27(17-15-26)47-22-33(41)40-36-39-29(21-48-36)24-13-18-31(45-2)32(20-24)46-3/h4-21H,22H2,1-3H3,(H,37,43)(H,38,42)(H,39,40,41)/b28-19-. The third-order valence-electron chi connectivity index (χ3n) is 6.88. The maximum atomic E-state index is 13.4. The summed E-state index contributed by atoms with van der Waals surface area (Å²) >= 11 is 2.68. The molecule has 1 heterocycles. The van der Waals surface area contributed by atoms with Crippen LogP contribution in [0.1, 0.15) is 15.9 Å². The van der Waals surface area contributed by atoms with Crippen molar-refractivity contribution in [1.82, 2.24) is 10.3 Å². The zero-order valence-corrected chi connectivity index (χ0v) is 27.9. The normalized spacial score (nSPS) is 10.9. The lowest BCUT2D eigenvalue weighted by molar-refractivity contribution is -0.114. The highest BCUT2D eigenvalue weighted by Crippen LogP contribution is 2.33. The van der Waals surface area contributed by atoms with Crippen LogP contribution >= 0.6 is 23.1 Å². The number of benzene rings is 4. The fourth-order valence-corrected chi connectivity index (χ4v) is 5.91. The number of carbonyl (C=O) groups is 3. The van der Waals surface area contributed by atoms with E-state index in [0.717, 1.165) is 10.5 Å². The number of methoxy groups -OCH3 is 3. The van der Waals surface area contributed by atoms with Crippen LogP contribution in [0.25, 0.3) is 17.3 Å². The van der Waals surface area contributed by atoms with Gasteiger partial charge in [0.1, 0.15) is 11.4 Å². The van der Waals surface area contributed by atoms with Crippen LogP contribution < -0.4 is 30.2 Å². The average Bonchev–Trinajstić information content (AvgIpc) is 3.59. The molecule has 10 nitrogen and oxygen atoms in total. The summed E-state index contributed by atoms with van der Waals surface area (Å²) in [6.07, 6.45) is 1.57. The fraction of sp³-hybridized carbons (Fsp3) is 0.111. The van der Waals surface area contributed by atoms with Crippen molar-refractivity contribution in [2.24, 2.45) is 0 Å². The Balaban J connectivity index is 1.19.